The van der Waals surface area contributed by atoms with E-state index in [1.54, 1.807) is 18.2 Å². The molecule has 8 heteroatoms. The molecule has 0 atom stereocenters. The second-order valence-electron chi connectivity index (χ2n) is 5.22. The summed E-state index contributed by atoms with van der Waals surface area (Å²) >= 11 is 0. The van der Waals surface area contributed by atoms with E-state index in [1.807, 2.05) is 0 Å². The lowest BCUT2D eigenvalue weighted by Gasteiger charge is -2.11. The van der Waals surface area contributed by atoms with Gasteiger partial charge in [0.15, 0.2) is 0 Å². The molecule has 0 aliphatic heterocycles. The van der Waals surface area contributed by atoms with Gasteiger partial charge < -0.3 is 20.1 Å². The Morgan fingerprint density at radius 2 is 1.85 bits per heavy atom. The highest BCUT2D eigenvalue weighted by molar-refractivity contribution is 5.91. The number of alkyl halides is 3. The standard InChI is InChI=1S/C19H17F3N2O3/c1-26-14-9-10-16(17(12-14)27-2)24-18(25)23-11-5-7-13-6-3-4-8-15(13)19(20,21)22/h3-4,6,8-10,12H,11H2,1-2H3,(H2,23,24,25). The fraction of sp³-hybridized carbons (Fsp3) is 0.211. The maximum atomic E-state index is 12.9. The molecule has 0 radical (unpaired) electrons. The molecule has 0 saturated heterocycles. The summed E-state index contributed by atoms with van der Waals surface area (Å²) in [6.07, 6.45) is -4.49. The van der Waals surface area contributed by atoms with Crippen LogP contribution >= 0.6 is 0 Å². The van der Waals surface area contributed by atoms with Crippen LogP contribution in [0.1, 0.15) is 11.1 Å². The van der Waals surface area contributed by atoms with Gasteiger partial charge in [0, 0.05) is 11.6 Å². The van der Waals surface area contributed by atoms with Crippen molar-refractivity contribution in [2.75, 3.05) is 26.1 Å². The molecular weight excluding hydrogens is 361 g/mol. The number of carbonyl (C=O) groups is 1. The van der Waals surface area contributed by atoms with Gasteiger partial charge in [0.25, 0.3) is 0 Å². The third-order valence-electron chi connectivity index (χ3n) is 3.45. The Labute approximate surface area is 154 Å². The number of ether oxygens (including phenoxy) is 2. The third-order valence-corrected chi connectivity index (χ3v) is 3.45. The third kappa shape index (κ3) is 5.57. The van der Waals surface area contributed by atoms with Crippen LogP contribution in [0.15, 0.2) is 42.5 Å². The summed E-state index contributed by atoms with van der Waals surface area (Å²) in [6.45, 7) is -0.128. The molecular formula is C19H17F3N2O3. The van der Waals surface area contributed by atoms with Crippen molar-refractivity contribution in [2.24, 2.45) is 0 Å². The molecule has 0 fully saturated rings. The van der Waals surface area contributed by atoms with Crippen molar-refractivity contribution in [3.63, 3.8) is 0 Å². The molecule has 27 heavy (non-hydrogen) atoms. The molecule has 2 aromatic carbocycles. The summed E-state index contributed by atoms with van der Waals surface area (Å²) in [5.74, 6) is 5.89. The number of benzene rings is 2. The summed E-state index contributed by atoms with van der Waals surface area (Å²) in [7, 11) is 2.95. The molecule has 142 valence electrons. The molecule has 0 aliphatic carbocycles. The van der Waals surface area contributed by atoms with E-state index in [2.05, 4.69) is 22.5 Å². The Morgan fingerprint density at radius 1 is 1.11 bits per heavy atom. The lowest BCUT2D eigenvalue weighted by Crippen LogP contribution is -2.29. The quantitative estimate of drug-likeness (QED) is 0.794. The lowest BCUT2D eigenvalue weighted by molar-refractivity contribution is -0.137. The van der Waals surface area contributed by atoms with Gasteiger partial charge >= 0.3 is 12.2 Å². The van der Waals surface area contributed by atoms with Gasteiger partial charge in [-0.1, -0.05) is 24.0 Å². The number of nitrogens with one attached hydrogen (secondary N) is 2. The Morgan fingerprint density at radius 3 is 2.52 bits per heavy atom. The van der Waals surface area contributed by atoms with Crippen LogP contribution in [-0.4, -0.2) is 26.8 Å². The zero-order chi connectivity index (χ0) is 19.9. The highest BCUT2D eigenvalue weighted by Gasteiger charge is 2.32. The number of anilines is 1. The number of carbonyl (C=O) groups excluding carboxylic acids is 1. The van der Waals surface area contributed by atoms with E-state index in [0.717, 1.165) is 6.07 Å². The zero-order valence-electron chi connectivity index (χ0n) is 14.6. The molecule has 2 aromatic rings. The monoisotopic (exact) mass is 378 g/mol. The van der Waals surface area contributed by atoms with Gasteiger partial charge in [0.05, 0.1) is 32.0 Å². The van der Waals surface area contributed by atoms with Crippen molar-refractivity contribution in [1.29, 1.82) is 0 Å². The van der Waals surface area contributed by atoms with E-state index in [0.29, 0.717) is 17.2 Å². The molecule has 0 unspecified atom stereocenters. The lowest BCUT2D eigenvalue weighted by atomic mass is 10.1. The predicted octanol–water partition coefficient (Wildman–Crippen LogP) is 3.90. The first-order valence-electron chi connectivity index (χ1n) is 7.77. The predicted molar refractivity (Wildman–Crippen MR) is 94.9 cm³/mol. The number of amides is 2. The van der Waals surface area contributed by atoms with E-state index in [9.17, 15) is 18.0 Å². The van der Waals surface area contributed by atoms with E-state index in [1.165, 1.54) is 32.4 Å². The fourth-order valence-electron chi connectivity index (χ4n) is 2.17. The van der Waals surface area contributed by atoms with E-state index in [4.69, 9.17) is 9.47 Å². The van der Waals surface area contributed by atoms with Crippen molar-refractivity contribution in [2.45, 2.75) is 6.18 Å². The first-order chi connectivity index (χ1) is 12.8. The summed E-state index contributed by atoms with van der Waals surface area (Å²) < 4.78 is 48.9. The second kappa shape index (κ2) is 8.85. The Balaban J connectivity index is 1.98. The van der Waals surface area contributed by atoms with Gasteiger partial charge in [-0.15, -0.1) is 0 Å². The van der Waals surface area contributed by atoms with Gasteiger partial charge in [-0.3, -0.25) is 0 Å². The van der Waals surface area contributed by atoms with E-state index in [-0.39, 0.29) is 12.1 Å². The highest BCUT2D eigenvalue weighted by atomic mass is 19.4. The average Bonchev–Trinajstić information content (AvgIpc) is 2.65. The van der Waals surface area contributed by atoms with Crippen molar-refractivity contribution in [3.05, 3.63) is 53.6 Å². The van der Waals surface area contributed by atoms with Gasteiger partial charge in [0.1, 0.15) is 11.5 Å². The topological polar surface area (TPSA) is 59.6 Å². The second-order valence-corrected chi connectivity index (χ2v) is 5.22. The van der Waals surface area contributed by atoms with Gasteiger partial charge in [-0.25, -0.2) is 4.79 Å². The zero-order valence-corrected chi connectivity index (χ0v) is 14.6. The number of hydrogen-bond donors (Lipinski definition) is 2. The molecule has 2 amide bonds. The minimum Gasteiger partial charge on any atom is -0.497 e. The van der Waals surface area contributed by atoms with Crippen molar-refractivity contribution >= 4 is 11.7 Å². The molecule has 0 aliphatic rings. The molecule has 0 spiro atoms. The minimum absolute atomic E-state index is 0.128. The Kier molecular flexibility index (Phi) is 6.55. The smallest absolute Gasteiger partial charge is 0.417 e. The summed E-state index contributed by atoms with van der Waals surface area (Å²) in [6, 6.07) is 9.27. The van der Waals surface area contributed by atoms with E-state index >= 15 is 0 Å². The maximum absolute atomic E-state index is 12.9. The number of rotatable bonds is 4. The Bertz CT molecular complexity index is 870. The van der Waals surface area contributed by atoms with Crippen LogP contribution in [-0.2, 0) is 6.18 Å². The largest absolute Gasteiger partial charge is 0.497 e. The van der Waals surface area contributed by atoms with E-state index < -0.39 is 17.8 Å². The van der Waals surface area contributed by atoms with Gasteiger partial charge in [0.2, 0.25) is 0 Å². The van der Waals surface area contributed by atoms with Crippen LogP contribution < -0.4 is 20.1 Å². The van der Waals surface area contributed by atoms with Crippen molar-refractivity contribution < 1.29 is 27.4 Å². The van der Waals surface area contributed by atoms with Crippen LogP contribution in [0.3, 0.4) is 0 Å². The van der Waals surface area contributed by atoms with Crippen LogP contribution in [0, 0.1) is 11.8 Å². The maximum Gasteiger partial charge on any atom is 0.417 e. The van der Waals surface area contributed by atoms with Crippen LogP contribution in [0.5, 0.6) is 11.5 Å². The van der Waals surface area contributed by atoms with Gasteiger partial charge in [-0.2, -0.15) is 13.2 Å². The SMILES string of the molecule is COc1ccc(NC(=O)NCC#Cc2ccccc2C(F)(F)F)c(OC)c1. The highest BCUT2D eigenvalue weighted by Crippen LogP contribution is 2.31. The van der Waals surface area contributed by atoms with Crippen molar-refractivity contribution in [3.8, 4) is 23.3 Å². The minimum atomic E-state index is -4.49. The molecule has 5 nitrogen and oxygen atoms in total. The van der Waals surface area contributed by atoms with Gasteiger partial charge in [-0.05, 0) is 24.3 Å². The molecule has 2 N–H and O–H groups in total. The number of urea groups is 1. The molecule has 2 rings (SSSR count). The van der Waals surface area contributed by atoms with Crippen molar-refractivity contribution in [1.82, 2.24) is 5.32 Å². The first-order valence-corrected chi connectivity index (χ1v) is 7.77. The van der Waals surface area contributed by atoms with Crippen LogP contribution in [0.25, 0.3) is 0 Å². The summed E-state index contributed by atoms with van der Waals surface area (Å²) in [5, 5.41) is 5.02. The normalized spacial score (nSPS) is 10.4. The fourth-order valence-corrected chi connectivity index (χ4v) is 2.17. The average molecular weight is 378 g/mol. The number of hydrogen-bond acceptors (Lipinski definition) is 3. The number of halogens is 3. The molecule has 0 heterocycles. The van der Waals surface area contributed by atoms with Crippen LogP contribution in [0.2, 0.25) is 0 Å². The molecule has 0 saturated carbocycles. The summed E-state index contributed by atoms with van der Waals surface area (Å²) in [4.78, 5) is 11.9. The summed E-state index contributed by atoms with van der Waals surface area (Å²) in [5.41, 5.74) is -0.555. The first kappa shape index (κ1) is 20.0. The molecule has 0 aromatic heterocycles. The van der Waals surface area contributed by atoms with Crippen LogP contribution in [0.4, 0.5) is 23.7 Å². The molecule has 0 bridgehead atoms. The number of methoxy groups -OCH3 is 2. The Hall–Kier alpha value is -3.34.